The average molecular weight is 269 g/mol. The van der Waals surface area contributed by atoms with Crippen LogP contribution in [0, 0.1) is 10.8 Å². The van der Waals surface area contributed by atoms with Gasteiger partial charge in [-0.15, -0.1) is 0 Å². The van der Waals surface area contributed by atoms with Crippen molar-refractivity contribution in [3.8, 4) is 0 Å². The Bertz CT molecular complexity index is 254. The van der Waals surface area contributed by atoms with Crippen LogP contribution in [0.4, 0.5) is 0 Å². The van der Waals surface area contributed by atoms with Crippen molar-refractivity contribution in [2.24, 2.45) is 10.8 Å². The van der Waals surface area contributed by atoms with Crippen LogP contribution in [-0.4, -0.2) is 30.3 Å². The second-order valence-corrected chi connectivity index (χ2v) is 7.20. The van der Waals surface area contributed by atoms with Crippen LogP contribution in [0.5, 0.6) is 0 Å². The van der Waals surface area contributed by atoms with Gasteiger partial charge in [0.25, 0.3) is 0 Å². The zero-order valence-electron chi connectivity index (χ0n) is 12.4. The molecule has 1 nitrogen and oxygen atoms in total. The molecule has 0 amide bonds. The van der Waals surface area contributed by atoms with Crippen molar-refractivity contribution in [2.75, 3.05) is 25.4 Å². The van der Waals surface area contributed by atoms with Gasteiger partial charge in [-0.2, -0.15) is 12.6 Å². The molecule has 1 saturated carbocycles. The first-order valence-electron chi connectivity index (χ1n) is 8.01. The lowest BCUT2D eigenvalue weighted by atomic mass is 9.75. The van der Waals surface area contributed by atoms with Gasteiger partial charge in [-0.3, -0.25) is 0 Å². The molecule has 2 heteroatoms. The van der Waals surface area contributed by atoms with E-state index in [1.807, 2.05) is 0 Å². The van der Waals surface area contributed by atoms with E-state index in [1.54, 1.807) is 0 Å². The summed E-state index contributed by atoms with van der Waals surface area (Å²) >= 11 is 4.68. The van der Waals surface area contributed by atoms with E-state index in [4.69, 9.17) is 0 Å². The van der Waals surface area contributed by atoms with Gasteiger partial charge in [0.05, 0.1) is 0 Å². The molecule has 0 N–H and O–H groups in total. The zero-order valence-corrected chi connectivity index (χ0v) is 13.3. The van der Waals surface area contributed by atoms with Crippen LogP contribution in [-0.2, 0) is 0 Å². The van der Waals surface area contributed by atoms with Crippen molar-refractivity contribution in [3.05, 3.63) is 0 Å². The quantitative estimate of drug-likeness (QED) is 0.725. The van der Waals surface area contributed by atoms with Gasteiger partial charge in [0.2, 0.25) is 0 Å². The third-order valence-electron chi connectivity index (χ3n) is 5.83. The Morgan fingerprint density at radius 3 is 2.11 bits per heavy atom. The van der Waals surface area contributed by atoms with Gasteiger partial charge in [0, 0.05) is 13.1 Å². The highest BCUT2D eigenvalue weighted by atomic mass is 32.1. The van der Waals surface area contributed by atoms with E-state index in [9.17, 15) is 0 Å². The van der Waals surface area contributed by atoms with E-state index in [1.165, 1.54) is 71.0 Å². The molecule has 1 aliphatic heterocycles. The maximum atomic E-state index is 4.68. The van der Waals surface area contributed by atoms with E-state index in [0.29, 0.717) is 10.8 Å². The lowest BCUT2D eigenvalue weighted by molar-refractivity contribution is 0.130. The van der Waals surface area contributed by atoms with Crippen molar-refractivity contribution >= 4 is 12.6 Å². The number of hydrogen-bond donors (Lipinski definition) is 1. The van der Waals surface area contributed by atoms with Gasteiger partial charge in [0.15, 0.2) is 0 Å². The molecule has 106 valence electrons. The first-order valence-corrected chi connectivity index (χ1v) is 8.64. The molecule has 0 aromatic carbocycles. The minimum absolute atomic E-state index is 0.541. The minimum atomic E-state index is 0.541. The lowest BCUT2D eigenvalue weighted by Crippen LogP contribution is -2.40. The topological polar surface area (TPSA) is 3.24 Å². The smallest absolute Gasteiger partial charge is 0.00460 e. The summed E-state index contributed by atoms with van der Waals surface area (Å²) < 4.78 is 0. The summed E-state index contributed by atoms with van der Waals surface area (Å²) in [5.74, 6) is 1.09. The minimum Gasteiger partial charge on any atom is -0.302 e. The average Bonchev–Trinajstić information content (AvgIpc) is 2.84. The summed E-state index contributed by atoms with van der Waals surface area (Å²) in [4.78, 5) is 2.76. The molecule has 1 heterocycles. The lowest BCUT2D eigenvalue weighted by Gasteiger charge is -2.39. The molecular weight excluding hydrogens is 238 g/mol. The van der Waals surface area contributed by atoms with Gasteiger partial charge in [-0.1, -0.05) is 33.1 Å². The summed E-state index contributed by atoms with van der Waals surface area (Å²) in [6, 6.07) is 0. The van der Waals surface area contributed by atoms with E-state index in [2.05, 4.69) is 31.4 Å². The molecule has 0 aromatic rings. The maximum absolute atomic E-state index is 4.68. The van der Waals surface area contributed by atoms with Crippen LogP contribution in [0.3, 0.4) is 0 Å². The molecule has 0 atom stereocenters. The first kappa shape index (κ1) is 14.7. The number of nitrogens with zero attached hydrogens (tertiary/aromatic N) is 1. The van der Waals surface area contributed by atoms with Crippen LogP contribution >= 0.6 is 12.6 Å². The zero-order chi connectivity index (χ0) is 13.1. The van der Waals surface area contributed by atoms with Crippen LogP contribution in [0.15, 0.2) is 0 Å². The van der Waals surface area contributed by atoms with Gasteiger partial charge in [0.1, 0.15) is 0 Å². The van der Waals surface area contributed by atoms with Crippen LogP contribution in [0.25, 0.3) is 0 Å². The van der Waals surface area contributed by atoms with Gasteiger partial charge < -0.3 is 4.90 Å². The van der Waals surface area contributed by atoms with Crippen LogP contribution in [0.2, 0.25) is 0 Å². The second-order valence-electron chi connectivity index (χ2n) is 6.89. The Labute approximate surface area is 119 Å². The van der Waals surface area contributed by atoms with Crippen molar-refractivity contribution in [3.63, 3.8) is 0 Å². The first-order chi connectivity index (χ1) is 8.67. The standard InChI is InChI=1S/C16H31NS/c1-3-15(4-2)10-11-17(12-15)13-16(14-18)8-6-5-7-9-16/h18H,3-14H2,1-2H3. The van der Waals surface area contributed by atoms with Gasteiger partial charge in [-0.25, -0.2) is 0 Å². The van der Waals surface area contributed by atoms with Crippen molar-refractivity contribution in [2.45, 2.75) is 65.2 Å². The normalized spacial score (nSPS) is 27.5. The molecule has 2 fully saturated rings. The molecule has 18 heavy (non-hydrogen) atoms. The Balaban J connectivity index is 1.93. The largest absolute Gasteiger partial charge is 0.302 e. The van der Waals surface area contributed by atoms with E-state index >= 15 is 0 Å². The van der Waals surface area contributed by atoms with E-state index in [0.717, 1.165) is 5.75 Å². The van der Waals surface area contributed by atoms with Crippen LogP contribution < -0.4 is 0 Å². The third kappa shape index (κ3) is 3.07. The predicted molar refractivity (Wildman–Crippen MR) is 83.4 cm³/mol. The molecule has 2 rings (SSSR count). The highest BCUT2D eigenvalue weighted by Crippen LogP contribution is 2.42. The summed E-state index contributed by atoms with van der Waals surface area (Å²) in [5, 5.41) is 0. The molecule has 0 unspecified atom stereocenters. The summed E-state index contributed by atoms with van der Waals surface area (Å²) in [5.41, 5.74) is 1.17. The molecule has 0 aromatic heterocycles. The molecular formula is C16H31NS. The molecule has 0 bridgehead atoms. The van der Waals surface area contributed by atoms with Crippen molar-refractivity contribution in [1.29, 1.82) is 0 Å². The van der Waals surface area contributed by atoms with Crippen molar-refractivity contribution < 1.29 is 0 Å². The molecule has 2 aliphatic rings. The van der Waals surface area contributed by atoms with Crippen molar-refractivity contribution in [1.82, 2.24) is 4.90 Å². The fraction of sp³-hybridized carbons (Fsp3) is 1.00. The van der Waals surface area contributed by atoms with Gasteiger partial charge >= 0.3 is 0 Å². The highest BCUT2D eigenvalue weighted by Gasteiger charge is 2.39. The van der Waals surface area contributed by atoms with E-state index in [-0.39, 0.29) is 0 Å². The highest BCUT2D eigenvalue weighted by molar-refractivity contribution is 7.80. The third-order valence-corrected chi connectivity index (χ3v) is 6.50. The number of hydrogen-bond acceptors (Lipinski definition) is 2. The Morgan fingerprint density at radius 2 is 1.61 bits per heavy atom. The maximum Gasteiger partial charge on any atom is 0.00460 e. The van der Waals surface area contributed by atoms with Gasteiger partial charge in [-0.05, 0) is 55.2 Å². The summed E-state index contributed by atoms with van der Waals surface area (Å²) in [7, 11) is 0. The Morgan fingerprint density at radius 1 is 0.944 bits per heavy atom. The fourth-order valence-corrected chi connectivity index (χ4v) is 4.55. The van der Waals surface area contributed by atoms with Crippen LogP contribution in [0.1, 0.15) is 65.2 Å². The Kier molecular flexibility index (Phi) is 5.05. The second kappa shape index (κ2) is 6.17. The number of likely N-dealkylation sites (tertiary alicyclic amines) is 1. The summed E-state index contributed by atoms with van der Waals surface area (Å²) in [6.45, 7) is 8.75. The van der Waals surface area contributed by atoms with E-state index < -0.39 is 0 Å². The number of rotatable bonds is 5. The SMILES string of the molecule is CCC1(CC)CCN(CC2(CS)CCCCC2)C1. The predicted octanol–water partition coefficient (Wildman–Crippen LogP) is 4.38. The molecule has 1 saturated heterocycles. The Hall–Kier alpha value is 0.310. The number of thiol groups is 1. The molecule has 1 aliphatic carbocycles. The monoisotopic (exact) mass is 269 g/mol. The molecule has 0 radical (unpaired) electrons. The fourth-order valence-electron chi connectivity index (χ4n) is 4.13. The molecule has 0 spiro atoms. The summed E-state index contributed by atoms with van der Waals surface area (Å²) in [6.07, 6.45) is 11.3.